The first kappa shape index (κ1) is 30.5. The molecule has 0 saturated carbocycles. The lowest BCUT2D eigenvalue weighted by molar-refractivity contribution is -0.199. The number of carbonyl (C=O) groups is 3. The van der Waals surface area contributed by atoms with Gasteiger partial charge in [-0.1, -0.05) is 16.9 Å². The molecule has 0 spiro atoms. The number of aromatic hydroxyl groups is 1. The van der Waals surface area contributed by atoms with Crippen LogP contribution in [0.3, 0.4) is 0 Å². The summed E-state index contributed by atoms with van der Waals surface area (Å²) in [6.45, 7) is 5.10. The van der Waals surface area contributed by atoms with Crippen LogP contribution in [0.2, 0.25) is 0 Å². The summed E-state index contributed by atoms with van der Waals surface area (Å²) in [5, 5.41) is 34.8. The Labute approximate surface area is 245 Å². The molecule has 0 aromatic carbocycles. The van der Waals surface area contributed by atoms with Crippen LogP contribution in [-0.4, -0.2) is 101 Å². The molecule has 0 radical (unpaired) electrons. The van der Waals surface area contributed by atoms with E-state index in [2.05, 4.69) is 25.7 Å². The molecule has 5 N–H and O–H groups in total. The number of methoxy groups -OCH3 is 1. The van der Waals surface area contributed by atoms with Crippen LogP contribution in [0.25, 0.3) is 0 Å². The third kappa shape index (κ3) is 5.45. The molecule has 41 heavy (non-hydrogen) atoms. The van der Waals surface area contributed by atoms with E-state index in [9.17, 15) is 29.4 Å². The second-order valence-electron chi connectivity index (χ2n) is 9.37. The van der Waals surface area contributed by atoms with Crippen molar-refractivity contribution in [2.45, 2.75) is 43.1 Å². The third-order valence-corrected chi connectivity index (χ3v) is 9.91. The number of nitrogens with zero attached hydrogens (tertiary/aromatic N) is 6. The van der Waals surface area contributed by atoms with Crippen molar-refractivity contribution < 1.29 is 34.2 Å². The van der Waals surface area contributed by atoms with Crippen molar-refractivity contribution in [1.82, 2.24) is 30.0 Å². The highest BCUT2D eigenvalue weighted by molar-refractivity contribution is 8.00. The third-order valence-electron chi connectivity index (χ3n) is 6.38. The van der Waals surface area contributed by atoms with Gasteiger partial charge in [-0.25, -0.2) is 4.98 Å². The zero-order valence-corrected chi connectivity index (χ0v) is 24.8. The van der Waals surface area contributed by atoms with E-state index in [1.54, 1.807) is 20.8 Å². The van der Waals surface area contributed by atoms with Crippen molar-refractivity contribution in [3.8, 4) is 5.88 Å². The van der Waals surface area contributed by atoms with Gasteiger partial charge < -0.3 is 35.7 Å². The number of fused-ring (bicyclic) bond motifs is 1. The Morgan fingerprint density at radius 1 is 1.37 bits per heavy atom. The van der Waals surface area contributed by atoms with Crippen molar-refractivity contribution >= 4 is 63.5 Å². The summed E-state index contributed by atoms with van der Waals surface area (Å²) in [4.78, 5) is 62.1. The van der Waals surface area contributed by atoms with Crippen molar-refractivity contribution in [2.24, 2.45) is 10.6 Å². The van der Waals surface area contributed by atoms with E-state index in [-0.39, 0.29) is 52.4 Å². The van der Waals surface area contributed by atoms with Crippen molar-refractivity contribution in [3.63, 3.8) is 0 Å². The molecule has 0 aliphatic carbocycles. The Bertz CT molecular complexity index is 1450. The predicted octanol–water partition coefficient (Wildman–Crippen LogP) is -0.0586. The van der Waals surface area contributed by atoms with Crippen molar-refractivity contribution in [1.29, 1.82) is 0 Å². The number of nitrogen functional groups attached to an aromatic ring is 1. The fraction of sp³-hybridized carbons (Fsp3) is 0.545. The second kappa shape index (κ2) is 11.8. The summed E-state index contributed by atoms with van der Waals surface area (Å²) in [7, 11) is 1.26. The summed E-state index contributed by atoms with van der Waals surface area (Å²) >= 11 is 3.21. The van der Waals surface area contributed by atoms with E-state index in [0.717, 1.165) is 34.9 Å². The zero-order chi connectivity index (χ0) is 30.1. The SMILES string of the molecule is CCON=C(C(=O)NC1(OC)C(=O)N2CC(CSc3nnc(O)c(=O)n3C(C)C)(C(=O)O)CS[C@@H]21)c1csc(N)n1. The number of carboxylic acid groups (broad SMARTS) is 1. The first-order valence-corrected chi connectivity index (χ1v) is 15.1. The minimum atomic E-state index is -1.78. The van der Waals surface area contributed by atoms with E-state index >= 15 is 0 Å². The molecule has 222 valence electrons. The standard InChI is InChI=1S/C22H28N8O8S3/c1-5-38-28-12(11-6-39-19(23)24-11)13(31)25-22(37-4)16(34)29-7-21(18(35)36,8-40-17(22)29)9-41-20-27-26-14(32)15(33)30(20)10(2)3/h6,10,17H,5,7-9H2,1-4H3,(H2,23,24)(H,25,31)(H,26,32)(H,35,36)/t17-,21?,22?/m1/s1. The van der Waals surface area contributed by atoms with E-state index in [1.165, 1.54) is 22.0 Å². The van der Waals surface area contributed by atoms with Gasteiger partial charge in [-0.05, 0) is 20.8 Å². The van der Waals surface area contributed by atoms with Crippen LogP contribution >= 0.6 is 34.9 Å². The molecular weight excluding hydrogens is 600 g/mol. The minimum absolute atomic E-state index is 0.0463. The number of ether oxygens (including phenoxy) is 1. The van der Waals surface area contributed by atoms with E-state index in [4.69, 9.17) is 15.3 Å². The number of rotatable bonds is 11. The molecule has 2 aromatic heterocycles. The number of β-lactam (4-membered cyclic amide) rings is 1. The molecule has 2 amide bonds. The van der Waals surface area contributed by atoms with Crippen LogP contribution in [0.4, 0.5) is 5.13 Å². The molecule has 4 heterocycles. The fourth-order valence-corrected chi connectivity index (χ4v) is 7.84. The van der Waals surface area contributed by atoms with Gasteiger partial charge >= 0.3 is 11.5 Å². The number of hydrogen-bond donors (Lipinski definition) is 4. The van der Waals surface area contributed by atoms with Gasteiger partial charge in [-0.15, -0.1) is 33.3 Å². The molecule has 4 rings (SSSR count). The monoisotopic (exact) mass is 628 g/mol. The minimum Gasteiger partial charge on any atom is -0.488 e. The van der Waals surface area contributed by atoms with E-state index in [0.29, 0.717) is 0 Å². The molecule has 2 unspecified atom stereocenters. The van der Waals surface area contributed by atoms with Crippen molar-refractivity contribution in [3.05, 3.63) is 21.4 Å². The van der Waals surface area contributed by atoms with Crippen LogP contribution in [0, 0.1) is 5.41 Å². The predicted molar refractivity (Wildman–Crippen MR) is 150 cm³/mol. The maximum absolute atomic E-state index is 13.4. The lowest BCUT2D eigenvalue weighted by Gasteiger charge is -2.58. The highest BCUT2D eigenvalue weighted by atomic mass is 32.2. The maximum atomic E-state index is 13.4. The molecule has 2 aliphatic heterocycles. The number of carboxylic acids is 1. The lowest BCUT2D eigenvalue weighted by Crippen LogP contribution is -2.83. The highest BCUT2D eigenvalue weighted by Crippen LogP contribution is 2.48. The normalized spacial score (nSPS) is 24.1. The second-order valence-corrected chi connectivity index (χ2v) is 12.3. The highest BCUT2D eigenvalue weighted by Gasteiger charge is 2.67. The van der Waals surface area contributed by atoms with E-state index < -0.39 is 45.7 Å². The molecule has 0 bridgehead atoms. The topological polar surface area (TPSA) is 224 Å². The van der Waals surface area contributed by atoms with Crippen LogP contribution in [0.1, 0.15) is 32.5 Å². The first-order chi connectivity index (χ1) is 19.4. The Kier molecular flexibility index (Phi) is 8.81. The molecule has 2 saturated heterocycles. The van der Waals surface area contributed by atoms with Gasteiger partial charge in [0.15, 0.2) is 16.0 Å². The Hall–Kier alpha value is -3.42. The molecular formula is C22H28N8O8S3. The summed E-state index contributed by atoms with van der Waals surface area (Å²) in [6, 6.07) is -0.378. The van der Waals surface area contributed by atoms with Gasteiger partial charge in [0.2, 0.25) is 0 Å². The number of aromatic nitrogens is 4. The average Bonchev–Trinajstić information content (AvgIpc) is 3.37. The number of amides is 2. The lowest BCUT2D eigenvalue weighted by atomic mass is 9.88. The fourth-order valence-electron chi connectivity index (χ4n) is 4.27. The quantitative estimate of drug-likeness (QED) is 0.0841. The zero-order valence-electron chi connectivity index (χ0n) is 22.4. The Balaban J connectivity index is 1.54. The first-order valence-electron chi connectivity index (χ1n) is 12.2. The summed E-state index contributed by atoms with van der Waals surface area (Å²) in [5.41, 5.74) is 1.70. The van der Waals surface area contributed by atoms with Gasteiger partial charge in [-0.3, -0.25) is 23.7 Å². The summed E-state index contributed by atoms with van der Waals surface area (Å²) < 4.78 is 6.75. The van der Waals surface area contributed by atoms with E-state index in [1.807, 2.05) is 0 Å². The average molecular weight is 629 g/mol. The van der Waals surface area contributed by atoms with Gasteiger partial charge in [0, 0.05) is 36.6 Å². The van der Waals surface area contributed by atoms with Crippen LogP contribution < -0.4 is 16.6 Å². The number of thiazole rings is 1. The molecule has 3 atom stereocenters. The molecule has 19 heteroatoms. The van der Waals surface area contributed by atoms with Gasteiger partial charge in [0.25, 0.3) is 23.4 Å². The Morgan fingerprint density at radius 2 is 2.10 bits per heavy atom. The van der Waals surface area contributed by atoms with Gasteiger partial charge in [0.05, 0.1) is 0 Å². The summed E-state index contributed by atoms with van der Waals surface area (Å²) in [5.74, 6) is -3.35. The number of oxime groups is 1. The number of aliphatic carboxylic acids is 1. The maximum Gasteiger partial charge on any atom is 0.316 e. The van der Waals surface area contributed by atoms with Gasteiger partial charge in [-0.2, -0.15) is 0 Å². The number of hydrogen-bond acceptors (Lipinski definition) is 15. The van der Waals surface area contributed by atoms with Crippen LogP contribution in [0.5, 0.6) is 5.88 Å². The number of anilines is 1. The number of nitrogens with one attached hydrogen (secondary N) is 1. The summed E-state index contributed by atoms with van der Waals surface area (Å²) in [6.07, 6.45) is 0. The molecule has 2 aromatic rings. The smallest absolute Gasteiger partial charge is 0.316 e. The molecule has 2 aliphatic rings. The van der Waals surface area contributed by atoms with Crippen LogP contribution in [-0.2, 0) is 24.0 Å². The van der Waals surface area contributed by atoms with Crippen molar-refractivity contribution in [2.75, 3.05) is 37.5 Å². The number of thioether (sulfide) groups is 2. The van der Waals surface area contributed by atoms with Gasteiger partial charge in [0.1, 0.15) is 23.1 Å². The Morgan fingerprint density at radius 3 is 2.68 bits per heavy atom. The largest absolute Gasteiger partial charge is 0.488 e. The molecule has 16 nitrogen and oxygen atoms in total. The van der Waals surface area contributed by atoms with Crippen LogP contribution in [0.15, 0.2) is 20.5 Å². The number of carbonyl (C=O) groups excluding carboxylic acids is 2. The molecule has 2 fully saturated rings. The number of nitrogens with two attached hydrogens (primary N) is 1.